The standard InChI is InChI=1S/C10H16N4O/c1-7(2)8(5-11)10(15)14-9-6-12-3-4-13-9/h3-4,6-8H,5,11H2,1-2H3,(H,13,14,15). The molecule has 0 radical (unpaired) electrons. The maximum Gasteiger partial charge on any atom is 0.230 e. The van der Waals surface area contributed by atoms with Gasteiger partial charge in [0.15, 0.2) is 5.82 Å². The summed E-state index contributed by atoms with van der Waals surface area (Å²) in [6, 6.07) is 0. The van der Waals surface area contributed by atoms with Crippen molar-refractivity contribution in [2.24, 2.45) is 17.6 Å². The quantitative estimate of drug-likeness (QED) is 0.761. The fourth-order valence-electron chi connectivity index (χ4n) is 1.26. The van der Waals surface area contributed by atoms with E-state index in [9.17, 15) is 4.79 Å². The Hall–Kier alpha value is -1.49. The van der Waals surface area contributed by atoms with Gasteiger partial charge in [0.1, 0.15) is 0 Å². The number of carbonyl (C=O) groups is 1. The highest BCUT2D eigenvalue weighted by Crippen LogP contribution is 2.11. The molecule has 5 nitrogen and oxygen atoms in total. The van der Waals surface area contributed by atoms with Crippen LogP contribution in [0.5, 0.6) is 0 Å². The van der Waals surface area contributed by atoms with Crippen molar-refractivity contribution >= 4 is 11.7 Å². The van der Waals surface area contributed by atoms with Gasteiger partial charge in [0.05, 0.1) is 12.1 Å². The van der Waals surface area contributed by atoms with Gasteiger partial charge in [-0.05, 0) is 5.92 Å². The molecule has 0 spiro atoms. The molecule has 0 aliphatic rings. The molecule has 3 N–H and O–H groups in total. The Balaban J connectivity index is 2.62. The van der Waals surface area contributed by atoms with E-state index >= 15 is 0 Å². The third kappa shape index (κ3) is 3.28. The minimum atomic E-state index is -0.188. The van der Waals surface area contributed by atoms with Gasteiger partial charge in [-0.25, -0.2) is 4.98 Å². The Morgan fingerprint density at radius 3 is 2.73 bits per heavy atom. The molecule has 0 saturated carbocycles. The summed E-state index contributed by atoms with van der Waals surface area (Å²) in [6.07, 6.45) is 4.59. The molecule has 1 heterocycles. The average molecular weight is 208 g/mol. The second kappa shape index (κ2) is 5.41. The van der Waals surface area contributed by atoms with Crippen molar-refractivity contribution in [3.8, 4) is 0 Å². The number of rotatable bonds is 4. The molecule has 0 aromatic carbocycles. The molecule has 5 heteroatoms. The predicted octanol–water partition coefficient (Wildman–Crippen LogP) is 0.646. The summed E-state index contributed by atoms with van der Waals surface area (Å²) in [5.41, 5.74) is 5.53. The second-order valence-electron chi connectivity index (χ2n) is 3.67. The molecule has 0 aliphatic heterocycles. The molecule has 1 rings (SSSR count). The number of hydrogen-bond acceptors (Lipinski definition) is 4. The maximum absolute atomic E-state index is 11.7. The summed E-state index contributed by atoms with van der Waals surface area (Å²) in [6.45, 7) is 4.27. The van der Waals surface area contributed by atoms with E-state index in [1.165, 1.54) is 12.4 Å². The van der Waals surface area contributed by atoms with Gasteiger partial charge in [-0.2, -0.15) is 0 Å². The van der Waals surface area contributed by atoms with Crippen LogP contribution in [0.25, 0.3) is 0 Å². The summed E-state index contributed by atoms with van der Waals surface area (Å²) >= 11 is 0. The van der Waals surface area contributed by atoms with Crippen LogP contribution in [0.3, 0.4) is 0 Å². The van der Waals surface area contributed by atoms with Crippen molar-refractivity contribution in [2.75, 3.05) is 11.9 Å². The summed E-state index contributed by atoms with van der Waals surface area (Å²) in [7, 11) is 0. The van der Waals surface area contributed by atoms with Crippen LogP contribution in [-0.4, -0.2) is 22.4 Å². The van der Waals surface area contributed by atoms with Crippen molar-refractivity contribution in [1.82, 2.24) is 9.97 Å². The Morgan fingerprint density at radius 1 is 1.53 bits per heavy atom. The largest absolute Gasteiger partial charge is 0.330 e. The lowest BCUT2D eigenvalue weighted by molar-refractivity contribution is -0.120. The summed E-state index contributed by atoms with van der Waals surface area (Å²) in [4.78, 5) is 19.5. The maximum atomic E-state index is 11.7. The van der Waals surface area contributed by atoms with E-state index in [-0.39, 0.29) is 17.7 Å². The van der Waals surface area contributed by atoms with Gasteiger partial charge in [-0.3, -0.25) is 9.78 Å². The van der Waals surface area contributed by atoms with Crippen molar-refractivity contribution in [3.05, 3.63) is 18.6 Å². The first-order valence-electron chi connectivity index (χ1n) is 4.92. The first kappa shape index (κ1) is 11.6. The molecule has 0 aliphatic carbocycles. The number of anilines is 1. The fourth-order valence-corrected chi connectivity index (χ4v) is 1.26. The molecule has 1 unspecified atom stereocenters. The van der Waals surface area contributed by atoms with E-state index in [1.54, 1.807) is 6.20 Å². The van der Waals surface area contributed by atoms with Gasteiger partial charge in [0, 0.05) is 18.9 Å². The molecule has 1 atom stereocenters. The lowest BCUT2D eigenvalue weighted by Crippen LogP contribution is -2.33. The van der Waals surface area contributed by atoms with Crippen LogP contribution in [0, 0.1) is 11.8 Å². The number of amides is 1. The highest BCUT2D eigenvalue weighted by atomic mass is 16.2. The van der Waals surface area contributed by atoms with Crippen molar-refractivity contribution in [3.63, 3.8) is 0 Å². The van der Waals surface area contributed by atoms with Crippen LogP contribution in [0.4, 0.5) is 5.82 Å². The number of nitrogens with one attached hydrogen (secondary N) is 1. The number of carbonyl (C=O) groups excluding carboxylic acids is 1. The highest BCUT2D eigenvalue weighted by Gasteiger charge is 2.20. The smallest absolute Gasteiger partial charge is 0.230 e. The minimum Gasteiger partial charge on any atom is -0.330 e. The van der Waals surface area contributed by atoms with Gasteiger partial charge < -0.3 is 11.1 Å². The molecular formula is C10H16N4O. The Kier molecular flexibility index (Phi) is 4.17. The number of hydrogen-bond donors (Lipinski definition) is 2. The minimum absolute atomic E-state index is 0.104. The summed E-state index contributed by atoms with van der Waals surface area (Å²) in [5.74, 6) is 0.383. The highest BCUT2D eigenvalue weighted by molar-refractivity contribution is 5.91. The third-order valence-corrected chi connectivity index (χ3v) is 2.21. The predicted molar refractivity (Wildman–Crippen MR) is 58.0 cm³/mol. The molecule has 0 fully saturated rings. The zero-order valence-electron chi connectivity index (χ0n) is 8.97. The van der Waals surface area contributed by atoms with Gasteiger partial charge in [-0.1, -0.05) is 13.8 Å². The Bertz CT molecular complexity index is 312. The van der Waals surface area contributed by atoms with Gasteiger partial charge >= 0.3 is 0 Å². The average Bonchev–Trinajstić information content (AvgIpc) is 2.19. The molecule has 0 bridgehead atoms. The first-order valence-corrected chi connectivity index (χ1v) is 4.92. The molecule has 1 aromatic heterocycles. The summed E-state index contributed by atoms with van der Waals surface area (Å²) < 4.78 is 0. The summed E-state index contributed by atoms with van der Waals surface area (Å²) in [5, 5.41) is 2.68. The van der Waals surface area contributed by atoms with E-state index in [0.717, 1.165) is 0 Å². The van der Waals surface area contributed by atoms with Crippen LogP contribution in [0.1, 0.15) is 13.8 Å². The molecule has 0 saturated heterocycles. The molecule has 82 valence electrons. The van der Waals surface area contributed by atoms with Crippen LogP contribution in [0.15, 0.2) is 18.6 Å². The number of aromatic nitrogens is 2. The number of nitrogens with two attached hydrogens (primary N) is 1. The van der Waals surface area contributed by atoms with E-state index < -0.39 is 0 Å². The zero-order chi connectivity index (χ0) is 11.3. The van der Waals surface area contributed by atoms with Crippen molar-refractivity contribution < 1.29 is 4.79 Å². The van der Waals surface area contributed by atoms with Crippen LogP contribution in [0.2, 0.25) is 0 Å². The van der Waals surface area contributed by atoms with Crippen LogP contribution >= 0.6 is 0 Å². The Labute approximate surface area is 89.1 Å². The van der Waals surface area contributed by atoms with Crippen molar-refractivity contribution in [2.45, 2.75) is 13.8 Å². The van der Waals surface area contributed by atoms with Crippen molar-refractivity contribution in [1.29, 1.82) is 0 Å². The lowest BCUT2D eigenvalue weighted by Gasteiger charge is -2.17. The van der Waals surface area contributed by atoms with Crippen LogP contribution in [-0.2, 0) is 4.79 Å². The first-order chi connectivity index (χ1) is 7.15. The fraction of sp³-hybridized carbons (Fsp3) is 0.500. The Morgan fingerprint density at radius 2 is 2.27 bits per heavy atom. The molecular weight excluding hydrogens is 192 g/mol. The normalized spacial score (nSPS) is 12.5. The topological polar surface area (TPSA) is 80.9 Å². The van der Waals surface area contributed by atoms with E-state index in [1.807, 2.05) is 13.8 Å². The van der Waals surface area contributed by atoms with Gasteiger partial charge in [0.25, 0.3) is 0 Å². The van der Waals surface area contributed by atoms with E-state index in [4.69, 9.17) is 5.73 Å². The van der Waals surface area contributed by atoms with Crippen LogP contribution < -0.4 is 11.1 Å². The number of nitrogens with zero attached hydrogens (tertiary/aromatic N) is 2. The second-order valence-corrected chi connectivity index (χ2v) is 3.67. The third-order valence-electron chi connectivity index (χ3n) is 2.21. The van der Waals surface area contributed by atoms with E-state index in [2.05, 4.69) is 15.3 Å². The molecule has 1 aromatic rings. The van der Waals surface area contributed by atoms with Gasteiger partial charge in [0.2, 0.25) is 5.91 Å². The monoisotopic (exact) mass is 208 g/mol. The van der Waals surface area contributed by atoms with Gasteiger partial charge in [-0.15, -0.1) is 0 Å². The molecule has 15 heavy (non-hydrogen) atoms. The lowest BCUT2D eigenvalue weighted by atomic mass is 9.95. The SMILES string of the molecule is CC(C)C(CN)C(=O)Nc1cnccn1. The zero-order valence-corrected chi connectivity index (χ0v) is 8.97. The van der Waals surface area contributed by atoms with E-state index in [0.29, 0.717) is 12.4 Å². The molecule has 1 amide bonds.